The SMILES string of the molecule is O=S(Oc1ccc(O)cc1)c1ccc(-c2ccc(S(=O)(=O)c3ccc(O)cc3)cc2)cc1. The van der Waals surface area contributed by atoms with E-state index in [4.69, 9.17) is 4.18 Å². The highest BCUT2D eigenvalue weighted by Crippen LogP contribution is 2.27. The summed E-state index contributed by atoms with van der Waals surface area (Å²) in [5.74, 6) is 0.460. The molecule has 0 fully saturated rings. The van der Waals surface area contributed by atoms with Crippen LogP contribution in [0, 0.1) is 0 Å². The third-order valence-electron chi connectivity index (χ3n) is 4.70. The maximum atomic E-state index is 12.7. The van der Waals surface area contributed by atoms with Crippen LogP contribution in [0.5, 0.6) is 17.2 Å². The van der Waals surface area contributed by atoms with E-state index < -0.39 is 20.9 Å². The standard InChI is InChI=1S/C24H18O6S2/c25-19-5-9-21(10-6-19)30-31(27)22-11-1-17(2-12-22)18-3-13-23(14-4-18)32(28,29)24-15-7-20(26)8-16-24/h1-16,25-26H. The third-order valence-corrected chi connectivity index (χ3v) is 7.49. The summed E-state index contributed by atoms with van der Waals surface area (Å²) in [5, 5.41) is 18.7. The number of benzene rings is 4. The van der Waals surface area contributed by atoms with Gasteiger partial charge in [0, 0.05) is 0 Å². The van der Waals surface area contributed by atoms with E-state index in [2.05, 4.69) is 0 Å². The highest BCUT2D eigenvalue weighted by atomic mass is 32.2. The summed E-state index contributed by atoms with van der Waals surface area (Å²) in [7, 11) is -3.69. The monoisotopic (exact) mass is 466 g/mol. The first-order chi connectivity index (χ1) is 15.3. The van der Waals surface area contributed by atoms with Gasteiger partial charge in [0.1, 0.15) is 17.2 Å². The zero-order valence-electron chi connectivity index (χ0n) is 16.6. The molecular weight excluding hydrogens is 448 g/mol. The van der Waals surface area contributed by atoms with Crippen LogP contribution >= 0.6 is 0 Å². The van der Waals surface area contributed by atoms with E-state index in [9.17, 15) is 22.8 Å². The minimum Gasteiger partial charge on any atom is -0.508 e. The molecule has 0 heterocycles. The van der Waals surface area contributed by atoms with Crippen LogP contribution in [0.25, 0.3) is 11.1 Å². The van der Waals surface area contributed by atoms with Crippen molar-refractivity contribution in [3.63, 3.8) is 0 Å². The third kappa shape index (κ3) is 4.66. The molecule has 6 nitrogen and oxygen atoms in total. The largest absolute Gasteiger partial charge is 0.508 e. The molecule has 0 amide bonds. The molecule has 1 atom stereocenters. The Labute approximate surface area is 188 Å². The zero-order valence-corrected chi connectivity index (χ0v) is 18.2. The molecular formula is C24H18O6S2. The summed E-state index contributed by atoms with van der Waals surface area (Å²) in [4.78, 5) is 0.712. The molecule has 0 spiro atoms. The van der Waals surface area contributed by atoms with Gasteiger partial charge >= 0.3 is 0 Å². The fourth-order valence-electron chi connectivity index (χ4n) is 2.98. The molecule has 162 valence electrons. The van der Waals surface area contributed by atoms with Gasteiger partial charge in [0.15, 0.2) is 0 Å². The van der Waals surface area contributed by atoms with Crippen molar-refractivity contribution in [2.45, 2.75) is 14.7 Å². The summed E-state index contributed by atoms with van der Waals surface area (Å²) in [6, 6.07) is 24.7. The summed E-state index contributed by atoms with van der Waals surface area (Å²) in [6.07, 6.45) is 0. The van der Waals surface area contributed by atoms with Crippen molar-refractivity contribution in [3.05, 3.63) is 97.1 Å². The summed E-state index contributed by atoms with van der Waals surface area (Å²) in [5.41, 5.74) is 1.62. The van der Waals surface area contributed by atoms with Gasteiger partial charge < -0.3 is 14.4 Å². The second-order valence-corrected chi connectivity index (χ2v) is 9.92. The number of phenols is 2. The fraction of sp³-hybridized carbons (Fsp3) is 0. The Kier molecular flexibility index (Phi) is 5.98. The molecule has 0 aliphatic rings. The van der Waals surface area contributed by atoms with Crippen molar-refractivity contribution < 1.29 is 27.0 Å². The molecule has 0 aromatic heterocycles. The molecule has 0 aliphatic heterocycles. The van der Waals surface area contributed by atoms with E-state index in [0.29, 0.717) is 10.6 Å². The molecule has 0 aliphatic carbocycles. The molecule has 32 heavy (non-hydrogen) atoms. The molecule has 0 saturated heterocycles. The maximum absolute atomic E-state index is 12.7. The van der Waals surface area contributed by atoms with E-state index in [0.717, 1.165) is 11.1 Å². The van der Waals surface area contributed by atoms with E-state index >= 15 is 0 Å². The van der Waals surface area contributed by atoms with Gasteiger partial charge in [0.25, 0.3) is 0 Å². The highest BCUT2D eigenvalue weighted by Gasteiger charge is 2.17. The Morgan fingerprint density at radius 1 is 0.594 bits per heavy atom. The quantitative estimate of drug-likeness (QED) is 0.427. The van der Waals surface area contributed by atoms with Gasteiger partial charge in [-0.25, -0.2) is 12.6 Å². The Morgan fingerprint density at radius 3 is 1.50 bits per heavy atom. The van der Waals surface area contributed by atoms with Crippen molar-refractivity contribution in [2.75, 3.05) is 0 Å². The predicted octanol–water partition coefficient (Wildman–Crippen LogP) is 4.70. The number of hydrogen-bond donors (Lipinski definition) is 2. The van der Waals surface area contributed by atoms with Crippen LogP contribution in [-0.4, -0.2) is 22.8 Å². The second kappa shape index (κ2) is 8.86. The Bertz CT molecular complexity index is 1340. The van der Waals surface area contributed by atoms with Crippen molar-refractivity contribution in [2.24, 2.45) is 0 Å². The summed E-state index contributed by atoms with van der Waals surface area (Å²) < 4.78 is 43.3. The number of phenolic OH excluding ortho intramolecular Hbond substituents is 2. The molecule has 2 N–H and O–H groups in total. The number of aromatic hydroxyl groups is 2. The van der Waals surface area contributed by atoms with Crippen LogP contribution in [0.2, 0.25) is 0 Å². The molecule has 0 saturated carbocycles. The minimum atomic E-state index is -3.69. The van der Waals surface area contributed by atoms with Gasteiger partial charge in [-0.05, 0) is 83.9 Å². The van der Waals surface area contributed by atoms with Gasteiger partial charge in [-0.15, -0.1) is 0 Å². The lowest BCUT2D eigenvalue weighted by Crippen LogP contribution is -2.01. The zero-order chi connectivity index (χ0) is 22.7. The molecule has 4 rings (SSSR count). The molecule has 0 bridgehead atoms. The maximum Gasteiger partial charge on any atom is 0.240 e. The highest BCUT2D eigenvalue weighted by molar-refractivity contribution is 7.91. The van der Waals surface area contributed by atoms with E-state index in [1.165, 1.54) is 60.7 Å². The van der Waals surface area contributed by atoms with Gasteiger partial charge in [-0.3, -0.25) is 0 Å². The van der Waals surface area contributed by atoms with Crippen LogP contribution < -0.4 is 4.18 Å². The molecule has 4 aromatic rings. The Balaban J connectivity index is 1.50. The lowest BCUT2D eigenvalue weighted by Gasteiger charge is -2.08. The van der Waals surface area contributed by atoms with Gasteiger partial charge in [0.05, 0.1) is 14.7 Å². The van der Waals surface area contributed by atoms with Crippen molar-refractivity contribution >= 4 is 20.9 Å². The Morgan fingerprint density at radius 2 is 1.00 bits per heavy atom. The first-order valence-electron chi connectivity index (χ1n) is 9.47. The van der Waals surface area contributed by atoms with Gasteiger partial charge in [0.2, 0.25) is 20.9 Å². The van der Waals surface area contributed by atoms with Gasteiger partial charge in [-0.1, -0.05) is 24.3 Å². The molecule has 0 radical (unpaired) electrons. The minimum absolute atomic E-state index is 0.00265. The lowest BCUT2D eigenvalue weighted by atomic mass is 10.1. The van der Waals surface area contributed by atoms with Crippen LogP contribution in [-0.2, 0) is 20.9 Å². The van der Waals surface area contributed by atoms with Crippen LogP contribution in [0.4, 0.5) is 0 Å². The first kappa shape index (κ1) is 21.6. The van der Waals surface area contributed by atoms with Crippen LogP contribution in [0.3, 0.4) is 0 Å². The van der Waals surface area contributed by atoms with E-state index in [1.807, 2.05) is 0 Å². The summed E-state index contributed by atoms with van der Waals surface area (Å²) in [6.45, 7) is 0. The van der Waals surface area contributed by atoms with Crippen LogP contribution in [0.1, 0.15) is 0 Å². The molecule has 8 heteroatoms. The van der Waals surface area contributed by atoms with E-state index in [-0.39, 0.29) is 21.3 Å². The van der Waals surface area contributed by atoms with Crippen molar-refractivity contribution in [1.82, 2.24) is 0 Å². The number of sulfone groups is 1. The Hall–Kier alpha value is -3.62. The molecule has 4 aromatic carbocycles. The van der Waals surface area contributed by atoms with Crippen LogP contribution in [0.15, 0.2) is 112 Å². The average molecular weight is 467 g/mol. The second-order valence-electron chi connectivity index (χ2n) is 6.86. The fourth-order valence-corrected chi connectivity index (χ4v) is 4.98. The van der Waals surface area contributed by atoms with E-state index in [1.54, 1.807) is 36.4 Å². The van der Waals surface area contributed by atoms with Gasteiger partial charge in [-0.2, -0.15) is 0 Å². The first-order valence-corrected chi connectivity index (χ1v) is 12.0. The smallest absolute Gasteiger partial charge is 0.240 e. The summed E-state index contributed by atoms with van der Waals surface area (Å²) >= 11 is -1.72. The average Bonchev–Trinajstić information content (AvgIpc) is 2.81. The number of rotatable bonds is 6. The number of hydrogen-bond acceptors (Lipinski definition) is 6. The predicted molar refractivity (Wildman–Crippen MR) is 121 cm³/mol. The lowest BCUT2D eigenvalue weighted by molar-refractivity contribution is 0.473. The molecule has 1 unspecified atom stereocenters. The van der Waals surface area contributed by atoms with Crippen molar-refractivity contribution in [1.29, 1.82) is 0 Å². The normalized spacial score (nSPS) is 12.2. The van der Waals surface area contributed by atoms with Crippen molar-refractivity contribution in [3.8, 4) is 28.4 Å². The topological polar surface area (TPSA) is 101 Å².